The molecule has 2 N–H and O–H groups in total. The summed E-state index contributed by atoms with van der Waals surface area (Å²) in [6.45, 7) is 7.04. The molecule has 0 aliphatic carbocycles. The van der Waals surface area contributed by atoms with Gasteiger partial charge in [-0.2, -0.15) is 0 Å². The number of hydrogen-bond acceptors (Lipinski definition) is 1. The maximum Gasteiger partial charge on any atom is 0.0183 e. The molecule has 0 spiro atoms. The maximum atomic E-state index is 5.77. The zero-order valence-electron chi connectivity index (χ0n) is 10.7. The Balaban J connectivity index is 2.59. The highest BCUT2D eigenvalue weighted by Gasteiger charge is 2.06. The number of rotatable bonds is 2. The summed E-state index contributed by atoms with van der Waals surface area (Å²) >= 11 is 0. The van der Waals surface area contributed by atoms with Crippen LogP contribution < -0.4 is 5.73 Å². The Labute approximate surface area is 103 Å². The first-order valence-corrected chi connectivity index (χ1v) is 5.99. The third-order valence-electron chi connectivity index (χ3n) is 3.36. The van der Waals surface area contributed by atoms with Crippen LogP contribution in [-0.2, 0) is 6.54 Å². The summed E-state index contributed by atoms with van der Waals surface area (Å²) in [6, 6.07) is 13.0. The van der Waals surface area contributed by atoms with Gasteiger partial charge in [-0.25, -0.2) is 0 Å². The highest BCUT2D eigenvalue weighted by atomic mass is 14.5. The van der Waals surface area contributed by atoms with Crippen LogP contribution in [0, 0.1) is 20.8 Å². The van der Waals surface area contributed by atoms with Gasteiger partial charge in [0.2, 0.25) is 0 Å². The van der Waals surface area contributed by atoms with E-state index in [1.54, 1.807) is 0 Å². The zero-order chi connectivity index (χ0) is 12.4. The highest BCUT2D eigenvalue weighted by Crippen LogP contribution is 2.27. The molecule has 2 rings (SSSR count). The molecule has 1 heteroatoms. The molecule has 0 saturated heterocycles. The van der Waals surface area contributed by atoms with Gasteiger partial charge in [0.25, 0.3) is 0 Å². The molecule has 0 bridgehead atoms. The standard InChI is InChI=1S/C16H19N/c1-11-6-4-5-7-15(11)14-8-12(2)16(10-17)13(3)9-14/h4-9H,10,17H2,1-3H3. The fraction of sp³-hybridized carbons (Fsp3) is 0.250. The summed E-state index contributed by atoms with van der Waals surface area (Å²) in [6.07, 6.45) is 0. The molecule has 0 aromatic heterocycles. The Hall–Kier alpha value is -1.60. The van der Waals surface area contributed by atoms with Crippen LogP contribution in [0.3, 0.4) is 0 Å². The average Bonchev–Trinajstić information content (AvgIpc) is 2.29. The van der Waals surface area contributed by atoms with Crippen molar-refractivity contribution < 1.29 is 0 Å². The predicted octanol–water partition coefficient (Wildman–Crippen LogP) is 3.74. The van der Waals surface area contributed by atoms with Gasteiger partial charge in [0.15, 0.2) is 0 Å². The predicted molar refractivity (Wildman–Crippen MR) is 74.0 cm³/mol. The third kappa shape index (κ3) is 2.25. The van der Waals surface area contributed by atoms with Crippen molar-refractivity contribution in [3.63, 3.8) is 0 Å². The minimum atomic E-state index is 0.617. The second-order valence-electron chi connectivity index (χ2n) is 4.61. The van der Waals surface area contributed by atoms with E-state index in [0.29, 0.717) is 6.54 Å². The first-order valence-electron chi connectivity index (χ1n) is 5.99. The average molecular weight is 225 g/mol. The molecule has 1 nitrogen and oxygen atoms in total. The molecule has 0 unspecified atom stereocenters. The fourth-order valence-corrected chi connectivity index (χ4v) is 2.37. The van der Waals surface area contributed by atoms with E-state index in [1.807, 2.05) is 0 Å². The molecule has 0 saturated carbocycles. The van der Waals surface area contributed by atoms with Gasteiger partial charge in [-0.15, -0.1) is 0 Å². The van der Waals surface area contributed by atoms with Crippen LogP contribution in [-0.4, -0.2) is 0 Å². The minimum Gasteiger partial charge on any atom is -0.326 e. The van der Waals surface area contributed by atoms with E-state index in [4.69, 9.17) is 5.73 Å². The van der Waals surface area contributed by atoms with Crippen LogP contribution in [0.15, 0.2) is 36.4 Å². The minimum absolute atomic E-state index is 0.617. The Morgan fingerprint density at radius 1 is 0.882 bits per heavy atom. The Morgan fingerprint density at radius 3 is 2.00 bits per heavy atom. The van der Waals surface area contributed by atoms with Gasteiger partial charge in [-0.05, 0) is 54.2 Å². The van der Waals surface area contributed by atoms with Gasteiger partial charge >= 0.3 is 0 Å². The molecule has 0 amide bonds. The summed E-state index contributed by atoms with van der Waals surface area (Å²) < 4.78 is 0. The van der Waals surface area contributed by atoms with Gasteiger partial charge in [-0.3, -0.25) is 0 Å². The summed E-state index contributed by atoms with van der Waals surface area (Å²) in [5.41, 5.74) is 13.5. The van der Waals surface area contributed by atoms with Crippen molar-refractivity contribution in [2.45, 2.75) is 27.3 Å². The van der Waals surface area contributed by atoms with Crippen molar-refractivity contribution in [2.24, 2.45) is 5.73 Å². The smallest absolute Gasteiger partial charge is 0.0183 e. The Bertz CT molecular complexity index is 518. The van der Waals surface area contributed by atoms with Crippen LogP contribution in [0.1, 0.15) is 22.3 Å². The summed E-state index contributed by atoms with van der Waals surface area (Å²) in [5, 5.41) is 0. The molecule has 0 heterocycles. The second kappa shape index (κ2) is 4.72. The molecular weight excluding hydrogens is 206 g/mol. The fourth-order valence-electron chi connectivity index (χ4n) is 2.37. The van der Waals surface area contributed by atoms with E-state index >= 15 is 0 Å². The van der Waals surface area contributed by atoms with E-state index in [9.17, 15) is 0 Å². The van der Waals surface area contributed by atoms with Gasteiger partial charge in [-0.1, -0.05) is 36.4 Å². The molecule has 17 heavy (non-hydrogen) atoms. The first kappa shape index (κ1) is 11.9. The summed E-state index contributed by atoms with van der Waals surface area (Å²) in [7, 11) is 0. The maximum absolute atomic E-state index is 5.77. The molecule has 0 radical (unpaired) electrons. The lowest BCUT2D eigenvalue weighted by Gasteiger charge is -2.12. The third-order valence-corrected chi connectivity index (χ3v) is 3.36. The van der Waals surface area contributed by atoms with E-state index in [2.05, 4.69) is 57.2 Å². The number of benzene rings is 2. The van der Waals surface area contributed by atoms with E-state index < -0.39 is 0 Å². The molecule has 0 fully saturated rings. The molecular formula is C16H19N. The van der Waals surface area contributed by atoms with Gasteiger partial charge < -0.3 is 5.73 Å². The van der Waals surface area contributed by atoms with Crippen LogP contribution >= 0.6 is 0 Å². The normalized spacial score (nSPS) is 10.6. The van der Waals surface area contributed by atoms with Crippen LogP contribution in [0.4, 0.5) is 0 Å². The Kier molecular flexibility index (Phi) is 3.30. The van der Waals surface area contributed by atoms with Crippen LogP contribution in [0.2, 0.25) is 0 Å². The number of nitrogens with two attached hydrogens (primary N) is 1. The van der Waals surface area contributed by atoms with Crippen LogP contribution in [0.5, 0.6) is 0 Å². The van der Waals surface area contributed by atoms with E-state index in [-0.39, 0.29) is 0 Å². The van der Waals surface area contributed by atoms with Crippen molar-refractivity contribution in [1.29, 1.82) is 0 Å². The summed E-state index contributed by atoms with van der Waals surface area (Å²) in [5.74, 6) is 0. The zero-order valence-corrected chi connectivity index (χ0v) is 10.7. The molecule has 2 aromatic carbocycles. The van der Waals surface area contributed by atoms with Crippen LogP contribution in [0.25, 0.3) is 11.1 Å². The van der Waals surface area contributed by atoms with Crippen molar-refractivity contribution in [3.05, 3.63) is 58.7 Å². The number of hydrogen-bond donors (Lipinski definition) is 1. The molecule has 0 aliphatic rings. The quantitative estimate of drug-likeness (QED) is 0.828. The molecule has 0 aliphatic heterocycles. The highest BCUT2D eigenvalue weighted by molar-refractivity contribution is 5.69. The van der Waals surface area contributed by atoms with Gasteiger partial charge in [0.05, 0.1) is 0 Å². The monoisotopic (exact) mass is 225 g/mol. The largest absolute Gasteiger partial charge is 0.326 e. The lowest BCUT2D eigenvalue weighted by atomic mass is 9.93. The van der Waals surface area contributed by atoms with Crippen molar-refractivity contribution in [1.82, 2.24) is 0 Å². The van der Waals surface area contributed by atoms with Crippen molar-refractivity contribution >= 4 is 0 Å². The first-order chi connectivity index (χ1) is 8.13. The molecule has 88 valence electrons. The lowest BCUT2D eigenvalue weighted by molar-refractivity contribution is 1.03. The second-order valence-corrected chi connectivity index (χ2v) is 4.61. The van der Waals surface area contributed by atoms with Crippen molar-refractivity contribution in [3.8, 4) is 11.1 Å². The Morgan fingerprint density at radius 2 is 1.47 bits per heavy atom. The van der Waals surface area contributed by atoms with Gasteiger partial charge in [0, 0.05) is 6.54 Å². The van der Waals surface area contributed by atoms with Gasteiger partial charge in [0.1, 0.15) is 0 Å². The van der Waals surface area contributed by atoms with Crippen molar-refractivity contribution in [2.75, 3.05) is 0 Å². The van der Waals surface area contributed by atoms with E-state index in [0.717, 1.165) is 0 Å². The molecule has 2 aromatic rings. The SMILES string of the molecule is Cc1ccccc1-c1cc(C)c(CN)c(C)c1. The lowest BCUT2D eigenvalue weighted by Crippen LogP contribution is -2.02. The number of aryl methyl sites for hydroxylation is 3. The molecule has 0 atom stereocenters. The summed E-state index contributed by atoms with van der Waals surface area (Å²) in [4.78, 5) is 0. The topological polar surface area (TPSA) is 26.0 Å². The van der Waals surface area contributed by atoms with E-state index in [1.165, 1.54) is 33.4 Å².